The van der Waals surface area contributed by atoms with Crippen LogP contribution in [0.1, 0.15) is 39.0 Å². The van der Waals surface area contributed by atoms with Gasteiger partial charge < -0.3 is 10.4 Å². The second kappa shape index (κ2) is 7.58. The molecule has 5 heteroatoms. The predicted molar refractivity (Wildman–Crippen MR) is 69.1 cm³/mol. The second-order valence-electron chi connectivity index (χ2n) is 4.61. The zero-order chi connectivity index (χ0) is 12.7. The summed E-state index contributed by atoms with van der Waals surface area (Å²) >= 11 is 1.81. The molecule has 0 bridgehead atoms. The Hall–Kier alpha value is -0.710. The number of carbonyl (C=O) groups excluding carboxylic acids is 1. The molecule has 0 radical (unpaired) electrons. The van der Waals surface area contributed by atoms with Gasteiger partial charge in [-0.25, -0.2) is 4.79 Å². The third kappa shape index (κ3) is 5.96. The first kappa shape index (κ1) is 14.4. The zero-order valence-electron chi connectivity index (χ0n) is 10.3. The van der Waals surface area contributed by atoms with Crippen LogP contribution in [0.4, 0.5) is 0 Å². The topological polar surface area (TPSA) is 66.4 Å². The van der Waals surface area contributed by atoms with Gasteiger partial charge in [0.2, 0.25) is 5.91 Å². The predicted octanol–water partition coefficient (Wildman–Crippen LogP) is 1.89. The second-order valence-corrected chi connectivity index (χ2v) is 5.76. The summed E-state index contributed by atoms with van der Waals surface area (Å²) in [7, 11) is 0. The fraction of sp³-hybridized carbons (Fsp3) is 0.833. The summed E-state index contributed by atoms with van der Waals surface area (Å²) in [6.07, 6.45) is 5.83. The van der Waals surface area contributed by atoms with Crippen molar-refractivity contribution in [3.05, 3.63) is 0 Å². The van der Waals surface area contributed by atoms with Gasteiger partial charge in [0.1, 0.15) is 6.04 Å². The van der Waals surface area contributed by atoms with E-state index in [9.17, 15) is 9.59 Å². The quantitative estimate of drug-likeness (QED) is 0.685. The number of nitrogens with one attached hydrogen (secondary N) is 1. The summed E-state index contributed by atoms with van der Waals surface area (Å²) in [6.45, 7) is 1.35. The maximum atomic E-state index is 10.9. The highest BCUT2D eigenvalue weighted by atomic mass is 32.2. The third-order valence-corrected chi connectivity index (χ3v) is 4.29. The molecule has 1 rings (SSSR count). The van der Waals surface area contributed by atoms with Gasteiger partial charge in [0.05, 0.1) is 0 Å². The lowest BCUT2D eigenvalue weighted by molar-refractivity contribution is -0.141. The van der Waals surface area contributed by atoms with Gasteiger partial charge >= 0.3 is 5.97 Å². The molecule has 98 valence electrons. The fourth-order valence-corrected chi connectivity index (χ4v) is 3.37. The average molecular weight is 259 g/mol. The van der Waals surface area contributed by atoms with Crippen molar-refractivity contribution in [3.8, 4) is 0 Å². The van der Waals surface area contributed by atoms with Crippen molar-refractivity contribution in [1.82, 2.24) is 5.32 Å². The summed E-state index contributed by atoms with van der Waals surface area (Å²) in [5.41, 5.74) is 0. The molecule has 1 aliphatic carbocycles. The number of amides is 1. The molecule has 0 aromatic rings. The molecule has 1 fully saturated rings. The number of carboxylic acids is 1. The van der Waals surface area contributed by atoms with Crippen molar-refractivity contribution in [2.24, 2.45) is 5.92 Å². The third-order valence-electron chi connectivity index (χ3n) is 3.05. The highest BCUT2D eigenvalue weighted by Crippen LogP contribution is 2.28. The van der Waals surface area contributed by atoms with Crippen LogP contribution >= 0.6 is 11.8 Å². The van der Waals surface area contributed by atoms with Crippen molar-refractivity contribution in [2.75, 3.05) is 11.5 Å². The minimum atomic E-state index is -0.943. The van der Waals surface area contributed by atoms with E-state index in [2.05, 4.69) is 5.32 Å². The molecule has 0 spiro atoms. The number of carboxylic acid groups (broad SMARTS) is 1. The molecular weight excluding hydrogens is 238 g/mol. The van der Waals surface area contributed by atoms with Gasteiger partial charge in [0, 0.05) is 6.92 Å². The molecule has 0 aromatic heterocycles. The van der Waals surface area contributed by atoms with Crippen LogP contribution in [0.3, 0.4) is 0 Å². The van der Waals surface area contributed by atoms with E-state index in [4.69, 9.17) is 5.11 Å². The highest BCUT2D eigenvalue weighted by Gasteiger charge is 2.19. The number of rotatable bonds is 7. The summed E-state index contributed by atoms with van der Waals surface area (Å²) in [6, 6.07) is -0.733. The van der Waals surface area contributed by atoms with Crippen LogP contribution in [0.15, 0.2) is 0 Å². The van der Waals surface area contributed by atoms with E-state index < -0.39 is 12.0 Å². The molecule has 1 atom stereocenters. The van der Waals surface area contributed by atoms with Gasteiger partial charge in [-0.3, -0.25) is 4.79 Å². The normalized spacial score (nSPS) is 17.9. The lowest BCUT2D eigenvalue weighted by Crippen LogP contribution is -2.39. The Balaban J connectivity index is 2.13. The van der Waals surface area contributed by atoms with Crippen LogP contribution in [0.25, 0.3) is 0 Å². The van der Waals surface area contributed by atoms with Crippen molar-refractivity contribution < 1.29 is 14.7 Å². The van der Waals surface area contributed by atoms with Gasteiger partial charge in [-0.1, -0.05) is 12.8 Å². The van der Waals surface area contributed by atoms with Gasteiger partial charge in [-0.15, -0.1) is 0 Å². The van der Waals surface area contributed by atoms with Gasteiger partial charge in [0.25, 0.3) is 0 Å². The van der Waals surface area contributed by atoms with E-state index in [0.29, 0.717) is 6.42 Å². The Morgan fingerprint density at radius 1 is 1.41 bits per heavy atom. The van der Waals surface area contributed by atoms with Crippen molar-refractivity contribution >= 4 is 23.6 Å². The highest BCUT2D eigenvalue weighted by molar-refractivity contribution is 7.99. The largest absolute Gasteiger partial charge is 0.480 e. The fourth-order valence-electron chi connectivity index (χ4n) is 2.13. The van der Waals surface area contributed by atoms with Gasteiger partial charge in [-0.05, 0) is 36.7 Å². The minimum Gasteiger partial charge on any atom is -0.480 e. The van der Waals surface area contributed by atoms with Crippen LogP contribution in [0, 0.1) is 5.92 Å². The summed E-state index contributed by atoms with van der Waals surface area (Å²) in [4.78, 5) is 21.7. The van der Waals surface area contributed by atoms with E-state index in [1.807, 2.05) is 11.8 Å². The Bertz CT molecular complexity index is 264. The van der Waals surface area contributed by atoms with Crippen LogP contribution in [-0.4, -0.2) is 34.5 Å². The molecule has 1 unspecified atom stereocenters. The minimum absolute atomic E-state index is 0.279. The number of hydrogen-bond acceptors (Lipinski definition) is 3. The molecule has 1 amide bonds. The maximum absolute atomic E-state index is 10.9. The van der Waals surface area contributed by atoms with Crippen molar-refractivity contribution in [2.45, 2.75) is 45.1 Å². The number of hydrogen-bond donors (Lipinski definition) is 2. The van der Waals surface area contributed by atoms with Crippen LogP contribution in [0.5, 0.6) is 0 Å². The van der Waals surface area contributed by atoms with Gasteiger partial charge in [-0.2, -0.15) is 11.8 Å². The summed E-state index contributed by atoms with van der Waals surface area (Å²) < 4.78 is 0. The molecule has 0 aromatic carbocycles. The SMILES string of the molecule is CC(=O)NC(CCSCC1CCCC1)C(=O)O. The van der Waals surface area contributed by atoms with Crippen LogP contribution < -0.4 is 5.32 Å². The standard InChI is InChI=1S/C12H21NO3S/c1-9(14)13-11(12(15)16)6-7-17-8-10-4-2-3-5-10/h10-11H,2-8H2,1H3,(H,13,14)(H,15,16). The first-order chi connectivity index (χ1) is 8.09. The smallest absolute Gasteiger partial charge is 0.326 e. The molecule has 1 aliphatic rings. The lowest BCUT2D eigenvalue weighted by atomic mass is 10.1. The first-order valence-corrected chi connectivity index (χ1v) is 7.32. The molecule has 17 heavy (non-hydrogen) atoms. The van der Waals surface area contributed by atoms with Crippen molar-refractivity contribution in [1.29, 1.82) is 0 Å². The monoisotopic (exact) mass is 259 g/mol. The average Bonchev–Trinajstić information content (AvgIpc) is 2.74. The molecule has 2 N–H and O–H groups in total. The summed E-state index contributed by atoms with van der Waals surface area (Å²) in [5, 5.41) is 11.4. The van der Waals surface area contributed by atoms with E-state index in [0.717, 1.165) is 17.4 Å². The Morgan fingerprint density at radius 3 is 2.59 bits per heavy atom. The van der Waals surface area contributed by atoms with E-state index >= 15 is 0 Å². The maximum Gasteiger partial charge on any atom is 0.326 e. The number of thioether (sulfide) groups is 1. The lowest BCUT2D eigenvalue weighted by Gasteiger charge is -2.13. The van der Waals surface area contributed by atoms with Gasteiger partial charge in [0.15, 0.2) is 0 Å². The zero-order valence-corrected chi connectivity index (χ0v) is 11.1. The molecule has 4 nitrogen and oxygen atoms in total. The molecule has 0 saturated heterocycles. The Morgan fingerprint density at radius 2 is 2.06 bits per heavy atom. The van der Waals surface area contributed by atoms with E-state index in [-0.39, 0.29) is 5.91 Å². The molecular formula is C12H21NO3S. The van der Waals surface area contributed by atoms with E-state index in [1.54, 1.807) is 0 Å². The van der Waals surface area contributed by atoms with Crippen LogP contribution in [-0.2, 0) is 9.59 Å². The Labute approximate surface area is 107 Å². The molecule has 0 aliphatic heterocycles. The summed E-state index contributed by atoms with van der Waals surface area (Å²) in [5.74, 6) is 1.53. The number of carbonyl (C=O) groups is 2. The van der Waals surface area contributed by atoms with Crippen molar-refractivity contribution in [3.63, 3.8) is 0 Å². The molecule has 1 saturated carbocycles. The Kier molecular flexibility index (Phi) is 6.40. The number of aliphatic carboxylic acids is 1. The first-order valence-electron chi connectivity index (χ1n) is 6.17. The van der Waals surface area contributed by atoms with Crippen LogP contribution in [0.2, 0.25) is 0 Å². The van der Waals surface area contributed by atoms with E-state index in [1.165, 1.54) is 32.6 Å². The molecule has 0 heterocycles.